The molecular weight excluding hydrogens is 352 g/mol. The van der Waals surface area contributed by atoms with Crippen LogP contribution < -0.4 is 4.90 Å². The number of nitrogens with zero attached hydrogens (tertiary/aromatic N) is 2. The summed E-state index contributed by atoms with van der Waals surface area (Å²) in [5.74, 6) is -1.69. The molecule has 4 atom stereocenters. The Hall–Kier alpha value is -2.01. The maximum atomic E-state index is 13.1. The summed E-state index contributed by atoms with van der Waals surface area (Å²) < 4.78 is 0. The molecule has 0 radical (unpaired) electrons. The zero-order valence-corrected chi connectivity index (χ0v) is 15.5. The third-order valence-corrected chi connectivity index (χ3v) is 6.37. The van der Waals surface area contributed by atoms with E-state index < -0.39 is 17.8 Å². The van der Waals surface area contributed by atoms with Crippen molar-refractivity contribution < 1.29 is 14.7 Å². The van der Waals surface area contributed by atoms with Crippen LogP contribution in [0, 0.1) is 30.6 Å². The fourth-order valence-corrected chi connectivity index (χ4v) is 4.96. The van der Waals surface area contributed by atoms with E-state index in [1.54, 1.807) is 0 Å². The number of aliphatic carboxylic acids is 1. The molecule has 1 amide bonds. The Morgan fingerprint density at radius 2 is 1.73 bits per heavy atom. The number of piperazine rings is 1. The van der Waals surface area contributed by atoms with Crippen LogP contribution in [0.25, 0.3) is 0 Å². The number of aryl methyl sites for hydroxylation is 1. The molecule has 2 aliphatic carbocycles. The van der Waals surface area contributed by atoms with Gasteiger partial charge >= 0.3 is 5.97 Å². The summed E-state index contributed by atoms with van der Waals surface area (Å²) in [5, 5.41) is 10.3. The molecule has 4 rings (SSSR count). The van der Waals surface area contributed by atoms with E-state index in [4.69, 9.17) is 11.6 Å². The van der Waals surface area contributed by atoms with Gasteiger partial charge in [0.05, 0.1) is 11.8 Å². The van der Waals surface area contributed by atoms with Crippen molar-refractivity contribution in [1.29, 1.82) is 0 Å². The number of carboxylic acids is 1. The highest BCUT2D eigenvalue weighted by Crippen LogP contribution is 2.48. The van der Waals surface area contributed by atoms with Crippen LogP contribution in [0.5, 0.6) is 0 Å². The smallest absolute Gasteiger partial charge is 0.307 e. The number of carbonyl (C=O) groups excluding carboxylic acids is 1. The van der Waals surface area contributed by atoms with Crippen LogP contribution in [0.4, 0.5) is 5.69 Å². The number of fused-ring (bicyclic) bond motifs is 2. The molecule has 1 N–H and O–H groups in total. The lowest BCUT2D eigenvalue weighted by Crippen LogP contribution is -2.52. The van der Waals surface area contributed by atoms with E-state index in [-0.39, 0.29) is 17.7 Å². The van der Waals surface area contributed by atoms with Gasteiger partial charge in [-0.2, -0.15) is 0 Å². The average molecular weight is 375 g/mol. The van der Waals surface area contributed by atoms with Gasteiger partial charge in [0.15, 0.2) is 0 Å². The van der Waals surface area contributed by atoms with E-state index in [0.29, 0.717) is 18.1 Å². The van der Waals surface area contributed by atoms with E-state index in [1.165, 1.54) is 5.56 Å². The van der Waals surface area contributed by atoms with Crippen molar-refractivity contribution in [1.82, 2.24) is 4.90 Å². The van der Waals surface area contributed by atoms with Crippen LogP contribution in [0.2, 0.25) is 5.02 Å². The monoisotopic (exact) mass is 374 g/mol. The first-order valence-electron chi connectivity index (χ1n) is 9.16. The molecule has 2 bridgehead atoms. The topological polar surface area (TPSA) is 60.9 Å². The number of allylic oxidation sites excluding steroid dienone is 2. The Labute approximate surface area is 158 Å². The molecule has 6 heteroatoms. The number of amides is 1. The highest BCUT2D eigenvalue weighted by molar-refractivity contribution is 6.30. The normalized spacial score (nSPS) is 30.1. The summed E-state index contributed by atoms with van der Waals surface area (Å²) >= 11 is 6.13. The molecule has 0 aromatic heterocycles. The van der Waals surface area contributed by atoms with Crippen molar-refractivity contribution in [3.63, 3.8) is 0 Å². The van der Waals surface area contributed by atoms with Gasteiger partial charge in [-0.1, -0.05) is 29.8 Å². The van der Waals surface area contributed by atoms with Gasteiger partial charge in [-0.05, 0) is 42.9 Å². The van der Waals surface area contributed by atoms with Gasteiger partial charge in [-0.25, -0.2) is 0 Å². The number of carboxylic acid groups (broad SMARTS) is 1. The van der Waals surface area contributed by atoms with Crippen LogP contribution in [-0.4, -0.2) is 48.1 Å². The number of hydrogen-bond donors (Lipinski definition) is 1. The Morgan fingerprint density at radius 3 is 2.38 bits per heavy atom. The summed E-state index contributed by atoms with van der Waals surface area (Å²) in [4.78, 5) is 28.8. The second kappa shape index (κ2) is 6.62. The van der Waals surface area contributed by atoms with Crippen molar-refractivity contribution >= 4 is 29.2 Å². The van der Waals surface area contributed by atoms with Crippen LogP contribution in [0.1, 0.15) is 12.0 Å². The van der Waals surface area contributed by atoms with Gasteiger partial charge in [-0.3, -0.25) is 9.59 Å². The molecule has 0 spiro atoms. The molecule has 26 heavy (non-hydrogen) atoms. The quantitative estimate of drug-likeness (QED) is 0.826. The van der Waals surface area contributed by atoms with Crippen LogP contribution >= 0.6 is 11.6 Å². The lowest BCUT2D eigenvalue weighted by atomic mass is 9.82. The average Bonchev–Trinajstić information content (AvgIpc) is 3.24. The van der Waals surface area contributed by atoms with Crippen LogP contribution in [0.3, 0.4) is 0 Å². The number of halogens is 1. The Morgan fingerprint density at radius 1 is 1.08 bits per heavy atom. The Balaban J connectivity index is 1.45. The number of hydrogen-bond acceptors (Lipinski definition) is 3. The molecule has 1 saturated heterocycles. The third kappa shape index (κ3) is 2.88. The number of benzene rings is 1. The van der Waals surface area contributed by atoms with Crippen LogP contribution in [0.15, 0.2) is 30.4 Å². The third-order valence-electron chi connectivity index (χ3n) is 6.13. The predicted octanol–water partition coefficient (Wildman–Crippen LogP) is 2.82. The molecule has 1 aromatic carbocycles. The van der Waals surface area contributed by atoms with E-state index in [0.717, 1.165) is 25.2 Å². The highest BCUT2D eigenvalue weighted by atomic mass is 35.5. The first-order chi connectivity index (χ1) is 12.5. The minimum atomic E-state index is -0.839. The van der Waals surface area contributed by atoms with Gasteiger partial charge < -0.3 is 14.9 Å². The highest BCUT2D eigenvalue weighted by Gasteiger charge is 2.52. The van der Waals surface area contributed by atoms with Gasteiger partial charge in [0.2, 0.25) is 5.91 Å². The summed E-state index contributed by atoms with van der Waals surface area (Å²) in [7, 11) is 0. The summed E-state index contributed by atoms with van der Waals surface area (Å²) in [6.07, 6.45) is 4.82. The SMILES string of the molecule is Cc1ccc(Cl)cc1N1CCN(C(=O)[C@@H]2[C@@H](C(=O)O)[C@@H]3C=C[C@@H]2C3)CC1. The fraction of sp³-hybridized carbons (Fsp3) is 0.500. The van der Waals surface area contributed by atoms with Gasteiger partial charge in [0.25, 0.3) is 0 Å². The summed E-state index contributed by atoms with van der Waals surface area (Å²) in [6.45, 7) is 4.77. The minimum Gasteiger partial charge on any atom is -0.481 e. The summed E-state index contributed by atoms with van der Waals surface area (Å²) in [5.41, 5.74) is 2.27. The lowest BCUT2D eigenvalue weighted by molar-refractivity contribution is -0.151. The van der Waals surface area contributed by atoms with Crippen LogP contribution in [-0.2, 0) is 9.59 Å². The van der Waals surface area contributed by atoms with E-state index in [9.17, 15) is 14.7 Å². The molecule has 0 unspecified atom stereocenters. The first kappa shape index (κ1) is 17.4. The zero-order chi connectivity index (χ0) is 18.4. The lowest BCUT2D eigenvalue weighted by Gasteiger charge is -2.39. The van der Waals surface area contributed by atoms with Crippen molar-refractivity contribution in [2.45, 2.75) is 13.3 Å². The number of carbonyl (C=O) groups is 2. The molecule has 1 heterocycles. The molecule has 3 aliphatic rings. The molecule has 5 nitrogen and oxygen atoms in total. The van der Waals surface area contributed by atoms with E-state index >= 15 is 0 Å². The maximum absolute atomic E-state index is 13.1. The van der Waals surface area contributed by atoms with E-state index in [2.05, 4.69) is 11.8 Å². The second-order valence-electron chi connectivity index (χ2n) is 7.58. The largest absolute Gasteiger partial charge is 0.481 e. The number of anilines is 1. The standard InChI is InChI=1S/C20H23ClN2O3/c1-12-2-5-15(21)11-16(12)22-6-8-23(9-7-22)19(24)17-13-3-4-14(10-13)18(17)20(25)26/h2-5,11,13-14,17-18H,6-10H2,1H3,(H,25,26)/t13-,14-,17+,18+/m1/s1. The zero-order valence-electron chi connectivity index (χ0n) is 14.8. The maximum Gasteiger partial charge on any atom is 0.307 e. The fourth-order valence-electron chi connectivity index (χ4n) is 4.80. The van der Waals surface area contributed by atoms with Crippen molar-refractivity contribution in [2.24, 2.45) is 23.7 Å². The molecule has 1 saturated carbocycles. The minimum absolute atomic E-state index is 0.0108. The molecule has 1 aromatic rings. The summed E-state index contributed by atoms with van der Waals surface area (Å²) in [6, 6.07) is 5.86. The molecule has 1 aliphatic heterocycles. The van der Waals surface area contributed by atoms with Gasteiger partial charge in [0, 0.05) is 36.9 Å². The van der Waals surface area contributed by atoms with Gasteiger partial charge in [-0.15, -0.1) is 0 Å². The predicted molar refractivity (Wildman–Crippen MR) is 100 cm³/mol. The first-order valence-corrected chi connectivity index (χ1v) is 9.54. The Kier molecular flexibility index (Phi) is 4.43. The van der Waals surface area contributed by atoms with Crippen molar-refractivity contribution in [3.8, 4) is 0 Å². The van der Waals surface area contributed by atoms with Gasteiger partial charge in [0.1, 0.15) is 0 Å². The second-order valence-corrected chi connectivity index (χ2v) is 8.02. The Bertz CT molecular complexity index is 770. The molecule has 138 valence electrons. The molecule has 2 fully saturated rings. The van der Waals surface area contributed by atoms with E-state index in [1.807, 2.05) is 35.3 Å². The van der Waals surface area contributed by atoms with Crippen molar-refractivity contribution in [2.75, 3.05) is 31.1 Å². The van der Waals surface area contributed by atoms with Crippen molar-refractivity contribution in [3.05, 3.63) is 40.9 Å². The number of rotatable bonds is 3. The molecular formula is C20H23ClN2O3.